The normalized spacial score (nSPS) is 32.1. The number of hydrogen-bond donors (Lipinski definition) is 1. The van der Waals surface area contributed by atoms with Gasteiger partial charge in [-0.15, -0.1) is 0 Å². The Hall–Kier alpha value is -1.35. The molecule has 0 radical (unpaired) electrons. The second-order valence-electron chi connectivity index (χ2n) is 7.07. The molecule has 0 unspecified atom stereocenters. The molecule has 1 saturated heterocycles. The standard InChI is InChI=1S/C19H26N2O/c22-18(14-7-2-1-3-8-14)13-17-15-9-4-5-10-16(15)19-20-11-6-12-21(17)19/h1-3,7-8,15-18,22H,4-6,9-13H2/t15-,16+,17+,18-/m1/s1. The van der Waals surface area contributed by atoms with Crippen molar-refractivity contribution in [1.82, 2.24) is 4.90 Å². The molecule has 2 heterocycles. The van der Waals surface area contributed by atoms with E-state index in [2.05, 4.69) is 4.90 Å². The van der Waals surface area contributed by atoms with E-state index in [1.165, 1.54) is 37.9 Å². The molecule has 0 bridgehead atoms. The van der Waals surface area contributed by atoms with Crippen LogP contribution in [0.4, 0.5) is 0 Å². The fourth-order valence-corrected chi connectivity index (χ4v) is 4.82. The number of benzene rings is 1. The predicted molar refractivity (Wildman–Crippen MR) is 88.9 cm³/mol. The van der Waals surface area contributed by atoms with Crippen molar-refractivity contribution >= 4 is 5.84 Å². The Kier molecular flexibility index (Phi) is 3.91. The largest absolute Gasteiger partial charge is 0.388 e. The van der Waals surface area contributed by atoms with Gasteiger partial charge in [0, 0.05) is 25.0 Å². The van der Waals surface area contributed by atoms with Gasteiger partial charge in [0.05, 0.1) is 6.10 Å². The maximum atomic E-state index is 10.7. The van der Waals surface area contributed by atoms with Crippen LogP contribution in [0.25, 0.3) is 0 Å². The third kappa shape index (κ3) is 2.45. The first-order valence-electron chi connectivity index (χ1n) is 8.88. The second kappa shape index (κ2) is 6.04. The zero-order chi connectivity index (χ0) is 14.9. The van der Waals surface area contributed by atoms with Crippen LogP contribution in [0, 0.1) is 11.8 Å². The van der Waals surface area contributed by atoms with E-state index in [4.69, 9.17) is 4.99 Å². The zero-order valence-electron chi connectivity index (χ0n) is 13.2. The van der Waals surface area contributed by atoms with Crippen molar-refractivity contribution in [3.63, 3.8) is 0 Å². The molecule has 3 nitrogen and oxygen atoms in total. The van der Waals surface area contributed by atoms with Gasteiger partial charge in [-0.25, -0.2) is 0 Å². The van der Waals surface area contributed by atoms with Crippen molar-refractivity contribution in [2.75, 3.05) is 13.1 Å². The summed E-state index contributed by atoms with van der Waals surface area (Å²) in [7, 11) is 0. The fraction of sp³-hybridized carbons (Fsp3) is 0.632. The zero-order valence-corrected chi connectivity index (χ0v) is 13.2. The Morgan fingerprint density at radius 3 is 2.82 bits per heavy atom. The van der Waals surface area contributed by atoms with Gasteiger partial charge in [0.25, 0.3) is 0 Å². The number of aliphatic hydroxyl groups is 1. The summed E-state index contributed by atoms with van der Waals surface area (Å²) in [5.74, 6) is 2.76. The SMILES string of the molecule is O[C@H](C[C@H]1[C@@H]2CCCC[C@@H]2C2=NCCCN21)c1ccccc1. The monoisotopic (exact) mass is 298 g/mol. The summed E-state index contributed by atoms with van der Waals surface area (Å²) in [6.07, 6.45) is 6.98. The summed E-state index contributed by atoms with van der Waals surface area (Å²) in [6, 6.07) is 10.6. The summed E-state index contributed by atoms with van der Waals surface area (Å²) < 4.78 is 0. The van der Waals surface area contributed by atoms with E-state index in [1.54, 1.807) is 0 Å². The molecule has 4 atom stereocenters. The van der Waals surface area contributed by atoms with Crippen LogP contribution in [0.2, 0.25) is 0 Å². The smallest absolute Gasteiger partial charge is 0.103 e. The van der Waals surface area contributed by atoms with Gasteiger partial charge < -0.3 is 10.0 Å². The quantitative estimate of drug-likeness (QED) is 0.928. The fourth-order valence-electron chi connectivity index (χ4n) is 4.82. The van der Waals surface area contributed by atoms with Crippen molar-refractivity contribution < 1.29 is 5.11 Å². The van der Waals surface area contributed by atoms with E-state index < -0.39 is 0 Å². The van der Waals surface area contributed by atoms with E-state index in [9.17, 15) is 5.11 Å². The molecule has 4 rings (SSSR count). The number of hydrogen-bond acceptors (Lipinski definition) is 3. The predicted octanol–water partition coefficient (Wildman–Crippen LogP) is 3.40. The number of nitrogens with zero attached hydrogens (tertiary/aromatic N) is 2. The first-order valence-corrected chi connectivity index (χ1v) is 8.88. The summed E-state index contributed by atoms with van der Waals surface area (Å²) >= 11 is 0. The molecule has 1 aliphatic carbocycles. The third-order valence-corrected chi connectivity index (χ3v) is 5.82. The maximum Gasteiger partial charge on any atom is 0.103 e. The van der Waals surface area contributed by atoms with Crippen molar-refractivity contribution in [3.05, 3.63) is 35.9 Å². The third-order valence-electron chi connectivity index (χ3n) is 5.82. The summed E-state index contributed by atoms with van der Waals surface area (Å²) in [5, 5.41) is 10.7. The van der Waals surface area contributed by atoms with E-state index in [0.717, 1.165) is 25.1 Å². The second-order valence-corrected chi connectivity index (χ2v) is 7.07. The van der Waals surface area contributed by atoms with Crippen molar-refractivity contribution in [2.45, 2.75) is 50.7 Å². The van der Waals surface area contributed by atoms with Gasteiger partial charge in [-0.1, -0.05) is 43.2 Å². The Morgan fingerprint density at radius 2 is 1.95 bits per heavy atom. The molecule has 1 aromatic carbocycles. The van der Waals surface area contributed by atoms with Gasteiger partial charge in [0.2, 0.25) is 0 Å². The van der Waals surface area contributed by atoms with Crippen LogP contribution in [-0.4, -0.2) is 35.0 Å². The number of fused-ring (bicyclic) bond motifs is 3. The minimum absolute atomic E-state index is 0.352. The average molecular weight is 298 g/mol. The van der Waals surface area contributed by atoms with Crippen LogP contribution in [-0.2, 0) is 0 Å². The maximum absolute atomic E-state index is 10.7. The number of aliphatic hydroxyl groups excluding tert-OH is 1. The van der Waals surface area contributed by atoms with Crippen molar-refractivity contribution in [3.8, 4) is 0 Å². The van der Waals surface area contributed by atoms with Gasteiger partial charge in [-0.05, 0) is 37.2 Å². The molecular formula is C19H26N2O. The van der Waals surface area contributed by atoms with Gasteiger partial charge in [-0.2, -0.15) is 0 Å². The number of amidine groups is 1. The van der Waals surface area contributed by atoms with Crippen LogP contribution in [0.1, 0.15) is 50.2 Å². The molecule has 2 fully saturated rings. The van der Waals surface area contributed by atoms with Gasteiger partial charge >= 0.3 is 0 Å². The van der Waals surface area contributed by atoms with Gasteiger partial charge in [0.1, 0.15) is 5.84 Å². The molecule has 3 aliphatic rings. The molecule has 0 spiro atoms. The Bertz CT molecular complexity index is 542. The Labute approximate surface area is 133 Å². The van der Waals surface area contributed by atoms with Crippen LogP contribution in [0.15, 0.2) is 35.3 Å². The molecule has 1 N–H and O–H groups in total. The van der Waals surface area contributed by atoms with Gasteiger partial charge in [-0.3, -0.25) is 4.99 Å². The highest BCUT2D eigenvalue weighted by molar-refractivity contribution is 5.88. The summed E-state index contributed by atoms with van der Waals surface area (Å²) in [4.78, 5) is 7.42. The van der Waals surface area contributed by atoms with E-state index in [1.807, 2.05) is 30.3 Å². The first kappa shape index (κ1) is 14.3. The van der Waals surface area contributed by atoms with Crippen molar-refractivity contribution in [2.24, 2.45) is 16.8 Å². The molecule has 1 aromatic rings. The Morgan fingerprint density at radius 1 is 1.14 bits per heavy atom. The highest BCUT2D eigenvalue weighted by Gasteiger charge is 2.47. The van der Waals surface area contributed by atoms with E-state index in [-0.39, 0.29) is 6.10 Å². The minimum Gasteiger partial charge on any atom is -0.388 e. The molecular weight excluding hydrogens is 272 g/mol. The molecule has 0 aromatic heterocycles. The molecule has 22 heavy (non-hydrogen) atoms. The van der Waals surface area contributed by atoms with Crippen LogP contribution >= 0.6 is 0 Å². The highest BCUT2D eigenvalue weighted by atomic mass is 16.3. The van der Waals surface area contributed by atoms with Crippen LogP contribution in [0.3, 0.4) is 0 Å². The minimum atomic E-state index is -0.352. The van der Waals surface area contributed by atoms with E-state index >= 15 is 0 Å². The summed E-state index contributed by atoms with van der Waals surface area (Å²) in [6.45, 7) is 2.14. The topological polar surface area (TPSA) is 35.8 Å². The molecule has 1 saturated carbocycles. The average Bonchev–Trinajstić information content (AvgIpc) is 2.90. The molecule has 0 amide bonds. The highest BCUT2D eigenvalue weighted by Crippen LogP contribution is 2.45. The molecule has 3 heteroatoms. The molecule has 118 valence electrons. The lowest BCUT2D eigenvalue weighted by atomic mass is 9.76. The lowest BCUT2D eigenvalue weighted by Crippen LogP contribution is -2.39. The van der Waals surface area contributed by atoms with Crippen LogP contribution in [0.5, 0.6) is 0 Å². The van der Waals surface area contributed by atoms with Crippen molar-refractivity contribution in [1.29, 1.82) is 0 Å². The number of aliphatic imine (C=N–C) groups is 1. The summed E-state index contributed by atoms with van der Waals surface area (Å²) in [5.41, 5.74) is 1.05. The van der Waals surface area contributed by atoms with Gasteiger partial charge in [0.15, 0.2) is 0 Å². The molecule has 2 aliphatic heterocycles. The van der Waals surface area contributed by atoms with E-state index in [0.29, 0.717) is 17.9 Å². The first-order chi connectivity index (χ1) is 10.8. The number of rotatable bonds is 3. The lowest BCUT2D eigenvalue weighted by molar-refractivity contribution is 0.107. The Balaban J connectivity index is 1.57. The van der Waals surface area contributed by atoms with Crippen LogP contribution < -0.4 is 0 Å². The lowest BCUT2D eigenvalue weighted by Gasteiger charge is -2.33.